The molecule has 0 aromatic carbocycles. The third kappa shape index (κ3) is 4.22. The summed E-state index contributed by atoms with van der Waals surface area (Å²) < 4.78 is 1.78. The van der Waals surface area contributed by atoms with E-state index in [1.54, 1.807) is 4.68 Å². The Morgan fingerprint density at radius 1 is 1.36 bits per heavy atom. The number of carbonyl (C=O) groups is 1. The Hall–Kier alpha value is -1.56. The van der Waals surface area contributed by atoms with Gasteiger partial charge < -0.3 is 15.5 Å². The van der Waals surface area contributed by atoms with Crippen molar-refractivity contribution in [1.29, 1.82) is 0 Å². The lowest BCUT2D eigenvalue weighted by Gasteiger charge is -2.23. The number of hydrogen-bond acceptors (Lipinski definition) is 3. The Kier molecular flexibility index (Phi) is 5.83. The minimum absolute atomic E-state index is 0.150. The maximum Gasteiger partial charge on any atom is 0.319 e. The molecule has 0 atom stereocenters. The molecule has 2 N–H and O–H groups in total. The Bertz CT molecular complexity index is 505. The van der Waals surface area contributed by atoms with Crippen LogP contribution in [0.15, 0.2) is 0 Å². The van der Waals surface area contributed by atoms with Gasteiger partial charge in [0.05, 0.1) is 17.1 Å². The van der Waals surface area contributed by atoms with E-state index in [2.05, 4.69) is 27.7 Å². The number of nitrogens with one attached hydrogen (secondary N) is 2. The van der Waals surface area contributed by atoms with Crippen molar-refractivity contribution in [3.05, 3.63) is 11.4 Å². The average Bonchev–Trinajstić information content (AvgIpc) is 3.09. The van der Waals surface area contributed by atoms with E-state index in [0.717, 1.165) is 36.1 Å². The van der Waals surface area contributed by atoms with Gasteiger partial charge in [-0.1, -0.05) is 12.8 Å². The molecule has 0 aliphatic heterocycles. The van der Waals surface area contributed by atoms with Crippen molar-refractivity contribution in [2.75, 3.05) is 25.5 Å². The van der Waals surface area contributed by atoms with Gasteiger partial charge in [-0.05, 0) is 46.7 Å². The molecule has 1 heterocycles. The molecule has 0 saturated heterocycles. The molecule has 1 aromatic rings. The Balaban J connectivity index is 1.67. The topological polar surface area (TPSA) is 62.2 Å². The van der Waals surface area contributed by atoms with Crippen LogP contribution in [-0.4, -0.2) is 46.9 Å². The minimum Gasteiger partial charge on any atom is -0.338 e. The van der Waals surface area contributed by atoms with Crippen LogP contribution in [0.2, 0.25) is 0 Å². The number of aryl methyl sites for hydroxylation is 2. The second-order valence-corrected chi connectivity index (χ2v) is 6.32. The van der Waals surface area contributed by atoms with Crippen molar-refractivity contribution in [2.45, 2.75) is 52.0 Å². The summed E-state index contributed by atoms with van der Waals surface area (Å²) in [5.41, 5.74) is 2.62. The molecule has 1 aliphatic rings. The van der Waals surface area contributed by atoms with E-state index in [0.29, 0.717) is 6.54 Å². The average molecular weight is 307 g/mol. The summed E-state index contributed by atoms with van der Waals surface area (Å²) in [4.78, 5) is 14.4. The van der Waals surface area contributed by atoms with Gasteiger partial charge in [-0.15, -0.1) is 0 Å². The molecule has 1 aromatic heterocycles. The summed E-state index contributed by atoms with van der Waals surface area (Å²) in [5, 5.41) is 10.1. The number of rotatable bonds is 6. The number of hydrogen-bond donors (Lipinski definition) is 2. The Labute approximate surface area is 133 Å². The zero-order valence-electron chi connectivity index (χ0n) is 14.3. The fraction of sp³-hybridized carbons (Fsp3) is 0.750. The van der Waals surface area contributed by atoms with E-state index in [-0.39, 0.29) is 6.03 Å². The van der Waals surface area contributed by atoms with Crippen LogP contribution in [0.4, 0.5) is 10.5 Å². The summed E-state index contributed by atoms with van der Waals surface area (Å²) >= 11 is 0. The highest BCUT2D eigenvalue weighted by Crippen LogP contribution is 2.22. The summed E-state index contributed by atoms with van der Waals surface area (Å²) in [6, 6.07) is 0.595. The quantitative estimate of drug-likeness (QED) is 0.793. The van der Waals surface area contributed by atoms with Gasteiger partial charge in [0.1, 0.15) is 0 Å². The summed E-state index contributed by atoms with van der Waals surface area (Å²) in [6.07, 6.45) is 6.35. The maximum atomic E-state index is 12.0. The molecule has 6 heteroatoms. The zero-order valence-corrected chi connectivity index (χ0v) is 14.3. The Morgan fingerprint density at radius 3 is 2.64 bits per heavy atom. The van der Waals surface area contributed by atoms with Gasteiger partial charge in [-0.3, -0.25) is 4.68 Å². The lowest BCUT2D eigenvalue weighted by Crippen LogP contribution is -2.34. The van der Waals surface area contributed by atoms with Gasteiger partial charge in [0.2, 0.25) is 0 Å². The second-order valence-electron chi connectivity index (χ2n) is 6.32. The van der Waals surface area contributed by atoms with E-state index < -0.39 is 0 Å². The number of amides is 2. The third-order valence-corrected chi connectivity index (χ3v) is 4.67. The van der Waals surface area contributed by atoms with Crippen LogP contribution in [0, 0.1) is 13.8 Å². The molecule has 1 fully saturated rings. The molecular formula is C16H29N5O. The molecule has 0 radical (unpaired) electrons. The predicted molar refractivity (Wildman–Crippen MR) is 89.2 cm³/mol. The van der Waals surface area contributed by atoms with Crippen molar-refractivity contribution in [3.63, 3.8) is 0 Å². The first-order valence-corrected chi connectivity index (χ1v) is 8.24. The second kappa shape index (κ2) is 7.63. The standard InChI is InChI=1S/C16H29N5O/c1-12-15(13(2)21(4)19-12)18-16(22)17-10-7-11-20(3)14-8-5-6-9-14/h14H,5-11H2,1-4H3,(H2,17,18,22). The van der Waals surface area contributed by atoms with Crippen molar-refractivity contribution in [3.8, 4) is 0 Å². The van der Waals surface area contributed by atoms with E-state index >= 15 is 0 Å². The zero-order chi connectivity index (χ0) is 16.1. The van der Waals surface area contributed by atoms with Crippen molar-refractivity contribution >= 4 is 11.7 Å². The van der Waals surface area contributed by atoms with E-state index in [1.807, 2.05) is 20.9 Å². The van der Waals surface area contributed by atoms with E-state index in [1.165, 1.54) is 25.7 Å². The van der Waals surface area contributed by atoms with Crippen LogP contribution in [0.1, 0.15) is 43.5 Å². The number of nitrogens with zero attached hydrogens (tertiary/aromatic N) is 3. The monoisotopic (exact) mass is 307 g/mol. The molecule has 6 nitrogen and oxygen atoms in total. The van der Waals surface area contributed by atoms with Crippen molar-refractivity contribution in [1.82, 2.24) is 20.0 Å². The molecule has 22 heavy (non-hydrogen) atoms. The van der Waals surface area contributed by atoms with Gasteiger partial charge in [0.15, 0.2) is 0 Å². The fourth-order valence-corrected chi connectivity index (χ4v) is 3.17. The highest BCUT2D eigenvalue weighted by atomic mass is 16.2. The number of urea groups is 1. The van der Waals surface area contributed by atoms with Crippen LogP contribution in [-0.2, 0) is 7.05 Å². The van der Waals surface area contributed by atoms with E-state index in [9.17, 15) is 4.79 Å². The first-order valence-electron chi connectivity index (χ1n) is 8.24. The van der Waals surface area contributed by atoms with E-state index in [4.69, 9.17) is 0 Å². The van der Waals surface area contributed by atoms with Crippen LogP contribution >= 0.6 is 0 Å². The lowest BCUT2D eigenvalue weighted by molar-refractivity contribution is 0.237. The summed E-state index contributed by atoms with van der Waals surface area (Å²) in [5.74, 6) is 0. The van der Waals surface area contributed by atoms with Crippen LogP contribution < -0.4 is 10.6 Å². The SMILES string of the molecule is Cc1nn(C)c(C)c1NC(=O)NCCCN(C)C1CCCC1. The highest BCUT2D eigenvalue weighted by Gasteiger charge is 2.18. The van der Waals surface area contributed by atoms with Gasteiger partial charge in [0, 0.05) is 19.6 Å². The van der Waals surface area contributed by atoms with Crippen LogP contribution in [0.25, 0.3) is 0 Å². The lowest BCUT2D eigenvalue weighted by atomic mass is 10.2. The van der Waals surface area contributed by atoms with Crippen molar-refractivity contribution < 1.29 is 4.79 Å². The summed E-state index contributed by atoms with van der Waals surface area (Å²) in [6.45, 7) is 5.59. The predicted octanol–water partition coefficient (Wildman–Crippen LogP) is 2.42. The third-order valence-electron chi connectivity index (χ3n) is 4.67. The van der Waals surface area contributed by atoms with Gasteiger partial charge in [0.25, 0.3) is 0 Å². The molecule has 1 saturated carbocycles. The van der Waals surface area contributed by atoms with Gasteiger partial charge in [-0.2, -0.15) is 5.10 Å². The number of anilines is 1. The molecule has 1 aliphatic carbocycles. The molecular weight excluding hydrogens is 278 g/mol. The smallest absolute Gasteiger partial charge is 0.319 e. The van der Waals surface area contributed by atoms with Crippen LogP contribution in [0.5, 0.6) is 0 Å². The highest BCUT2D eigenvalue weighted by molar-refractivity contribution is 5.90. The van der Waals surface area contributed by atoms with Crippen molar-refractivity contribution in [2.24, 2.45) is 7.05 Å². The normalized spacial score (nSPS) is 15.5. The number of aromatic nitrogens is 2. The molecule has 0 bridgehead atoms. The largest absolute Gasteiger partial charge is 0.338 e. The molecule has 2 rings (SSSR count). The molecule has 0 spiro atoms. The first-order chi connectivity index (χ1) is 10.5. The first kappa shape index (κ1) is 16.8. The maximum absolute atomic E-state index is 12.0. The van der Waals surface area contributed by atoms with Crippen LogP contribution in [0.3, 0.4) is 0 Å². The minimum atomic E-state index is -0.150. The fourth-order valence-electron chi connectivity index (χ4n) is 3.17. The Morgan fingerprint density at radius 2 is 2.05 bits per heavy atom. The number of carbonyl (C=O) groups excluding carboxylic acids is 1. The van der Waals surface area contributed by atoms with Gasteiger partial charge >= 0.3 is 6.03 Å². The molecule has 124 valence electrons. The molecule has 0 unspecified atom stereocenters. The van der Waals surface area contributed by atoms with Gasteiger partial charge in [-0.25, -0.2) is 4.79 Å². The summed E-state index contributed by atoms with van der Waals surface area (Å²) in [7, 11) is 4.07. The molecule has 2 amide bonds.